The molecule has 45 heavy (non-hydrogen) atoms. The Hall–Kier alpha value is -4.56. The summed E-state index contributed by atoms with van der Waals surface area (Å²) in [5.74, 6) is -2.85. The van der Waals surface area contributed by atoms with E-state index in [2.05, 4.69) is 10.3 Å². The number of hydrogen-bond acceptors (Lipinski definition) is 7. The van der Waals surface area contributed by atoms with Crippen molar-refractivity contribution in [1.29, 1.82) is 0 Å². The normalized spacial score (nSPS) is 17.5. The summed E-state index contributed by atoms with van der Waals surface area (Å²) in [7, 11) is 2.74. The fourth-order valence-corrected chi connectivity index (χ4v) is 5.66. The summed E-state index contributed by atoms with van der Waals surface area (Å²) >= 11 is 6.44. The molecule has 0 spiro atoms. The van der Waals surface area contributed by atoms with Crippen molar-refractivity contribution in [2.45, 2.75) is 12.8 Å². The summed E-state index contributed by atoms with van der Waals surface area (Å²) in [6, 6.07) is 7.16. The van der Waals surface area contributed by atoms with Crippen molar-refractivity contribution in [3.05, 3.63) is 64.6 Å². The molecule has 15 heteroatoms. The van der Waals surface area contributed by atoms with Gasteiger partial charge in [-0.1, -0.05) is 11.6 Å². The fraction of sp³-hybridized carbons (Fsp3) is 0.367. The van der Waals surface area contributed by atoms with E-state index in [0.29, 0.717) is 44.3 Å². The molecule has 2 aliphatic rings. The van der Waals surface area contributed by atoms with Crippen LogP contribution in [0.1, 0.15) is 33.8 Å². The van der Waals surface area contributed by atoms with Gasteiger partial charge in [0.1, 0.15) is 0 Å². The van der Waals surface area contributed by atoms with Gasteiger partial charge in [-0.05, 0) is 55.6 Å². The highest BCUT2D eigenvalue weighted by Gasteiger charge is 2.37. The smallest absolute Gasteiger partial charge is 0.291 e. The van der Waals surface area contributed by atoms with E-state index >= 15 is 0 Å². The molecule has 0 radical (unpaired) electrons. The van der Waals surface area contributed by atoms with Crippen molar-refractivity contribution in [2.24, 2.45) is 24.6 Å². The van der Waals surface area contributed by atoms with Crippen molar-refractivity contribution >= 4 is 41.5 Å². The first-order valence-electron chi connectivity index (χ1n) is 14.0. The molecule has 1 saturated heterocycles. The van der Waals surface area contributed by atoms with Gasteiger partial charge in [-0.25, -0.2) is 9.37 Å². The summed E-state index contributed by atoms with van der Waals surface area (Å²) in [6.45, 7) is 2.06. The van der Waals surface area contributed by atoms with Crippen LogP contribution in [-0.2, 0) is 16.6 Å². The monoisotopic (exact) mass is 646 g/mol. The number of aromatic nitrogens is 2. The standard InChI is InChI=1S/C29H31ClF2N6O4.CH2O2/c1-36-22(20-5-6-23(42-2)25(32)24(20)31)15-34-26(36)27(39)35-18-3-4-19(21(30)13-18)29(41)38-9-7-37(8-10-38)28(40)17-11-16(12-17)14-33;2-1-3/h3-6,13,15-17H,7-12,14,33H2,1-2H3,(H,35,39);1H,(H,2,3). The second kappa shape index (κ2) is 14.5. The maximum absolute atomic E-state index is 14.6. The van der Waals surface area contributed by atoms with Crippen LogP contribution >= 0.6 is 11.6 Å². The molecule has 5 rings (SSSR count). The number of methoxy groups -OCH3 is 1. The first kappa shape index (κ1) is 33.3. The van der Waals surface area contributed by atoms with Gasteiger partial charge in [0.25, 0.3) is 18.3 Å². The number of carboxylic acid groups (broad SMARTS) is 1. The van der Waals surface area contributed by atoms with Crippen molar-refractivity contribution in [2.75, 3.05) is 45.2 Å². The number of nitrogens with two attached hydrogens (primary N) is 1. The molecule has 2 aromatic carbocycles. The Balaban J connectivity index is 0.00000148. The van der Waals surface area contributed by atoms with Gasteiger partial charge in [-0.3, -0.25) is 19.2 Å². The zero-order chi connectivity index (χ0) is 32.8. The first-order valence-corrected chi connectivity index (χ1v) is 14.4. The van der Waals surface area contributed by atoms with E-state index in [4.69, 9.17) is 32.0 Å². The van der Waals surface area contributed by atoms with Crippen LogP contribution in [0.4, 0.5) is 14.5 Å². The molecular formula is C30H33ClF2N6O6. The van der Waals surface area contributed by atoms with Gasteiger partial charge in [0, 0.05) is 50.4 Å². The van der Waals surface area contributed by atoms with E-state index in [1.165, 1.54) is 49.2 Å². The average molecular weight is 647 g/mol. The van der Waals surface area contributed by atoms with Crippen LogP contribution in [0.3, 0.4) is 0 Å². The number of anilines is 1. The Morgan fingerprint density at radius 2 is 1.76 bits per heavy atom. The van der Waals surface area contributed by atoms with Gasteiger partial charge in [0.2, 0.25) is 11.7 Å². The molecule has 1 aromatic heterocycles. The lowest BCUT2D eigenvalue weighted by Crippen LogP contribution is -2.53. The third-order valence-electron chi connectivity index (χ3n) is 7.99. The van der Waals surface area contributed by atoms with E-state index < -0.39 is 17.5 Å². The number of piperazine rings is 1. The van der Waals surface area contributed by atoms with Crippen LogP contribution in [-0.4, -0.2) is 88.5 Å². The minimum atomic E-state index is -1.14. The highest BCUT2D eigenvalue weighted by molar-refractivity contribution is 6.34. The SMILES string of the molecule is COc1ccc(-c2cnc(C(=O)Nc3ccc(C(=O)N4CCN(C(=O)C5CC(CN)C5)CC4)c(Cl)c3)n2C)c(F)c1F.O=CO. The number of halogens is 3. The summed E-state index contributed by atoms with van der Waals surface area (Å²) in [5.41, 5.74) is 6.37. The number of amides is 3. The maximum Gasteiger partial charge on any atom is 0.291 e. The molecule has 3 aromatic rings. The quantitative estimate of drug-likeness (QED) is 0.330. The van der Waals surface area contributed by atoms with Crippen molar-refractivity contribution in [3.63, 3.8) is 0 Å². The Bertz CT molecular complexity index is 1590. The highest BCUT2D eigenvalue weighted by Crippen LogP contribution is 2.35. The molecule has 240 valence electrons. The molecule has 0 bridgehead atoms. The molecule has 1 saturated carbocycles. The fourth-order valence-electron chi connectivity index (χ4n) is 5.40. The zero-order valence-corrected chi connectivity index (χ0v) is 25.4. The van der Waals surface area contributed by atoms with Crippen LogP contribution < -0.4 is 15.8 Å². The first-order chi connectivity index (χ1) is 21.5. The summed E-state index contributed by atoms with van der Waals surface area (Å²) in [6.07, 6.45) is 2.93. The molecule has 4 N–H and O–H groups in total. The van der Waals surface area contributed by atoms with Gasteiger partial charge in [-0.2, -0.15) is 4.39 Å². The number of carbonyl (C=O) groups is 4. The minimum absolute atomic E-state index is 0.0296. The summed E-state index contributed by atoms with van der Waals surface area (Å²) < 4.78 is 35.0. The zero-order valence-electron chi connectivity index (χ0n) is 24.6. The Labute approximate surface area is 262 Å². The lowest BCUT2D eigenvalue weighted by molar-refractivity contribution is -0.141. The number of nitrogens with zero attached hydrogens (tertiary/aromatic N) is 4. The maximum atomic E-state index is 14.6. The topological polar surface area (TPSA) is 160 Å². The Morgan fingerprint density at radius 3 is 2.36 bits per heavy atom. The number of nitrogens with one attached hydrogen (secondary N) is 1. The van der Waals surface area contributed by atoms with Crippen LogP contribution in [0.5, 0.6) is 5.75 Å². The number of imidazole rings is 1. The van der Waals surface area contributed by atoms with Crippen LogP contribution in [0.2, 0.25) is 5.02 Å². The van der Waals surface area contributed by atoms with Crippen molar-refractivity contribution in [3.8, 4) is 17.0 Å². The predicted molar refractivity (Wildman–Crippen MR) is 161 cm³/mol. The van der Waals surface area contributed by atoms with Crippen molar-refractivity contribution < 1.29 is 37.8 Å². The third kappa shape index (κ3) is 7.07. The molecule has 12 nitrogen and oxygen atoms in total. The lowest BCUT2D eigenvalue weighted by atomic mass is 9.74. The van der Waals surface area contributed by atoms with Crippen LogP contribution in [0, 0.1) is 23.5 Å². The molecule has 1 aliphatic heterocycles. The second-order valence-corrected chi connectivity index (χ2v) is 11.0. The van der Waals surface area contributed by atoms with E-state index in [1.54, 1.807) is 11.0 Å². The molecule has 2 heterocycles. The number of ether oxygens (including phenoxy) is 1. The number of hydrogen-bond donors (Lipinski definition) is 3. The third-order valence-corrected chi connectivity index (χ3v) is 8.30. The van der Waals surface area contributed by atoms with E-state index in [-0.39, 0.29) is 57.6 Å². The van der Waals surface area contributed by atoms with Crippen LogP contribution in [0.15, 0.2) is 36.5 Å². The number of benzene rings is 2. The molecule has 0 unspecified atom stereocenters. The van der Waals surface area contributed by atoms with Gasteiger partial charge < -0.3 is 35.3 Å². The van der Waals surface area contributed by atoms with Gasteiger partial charge in [0.05, 0.1) is 29.6 Å². The lowest BCUT2D eigenvalue weighted by Gasteiger charge is -2.40. The predicted octanol–water partition coefficient (Wildman–Crippen LogP) is 3.25. The number of rotatable bonds is 7. The molecule has 3 amide bonds. The molecule has 0 atom stereocenters. The molecular weight excluding hydrogens is 614 g/mol. The number of carbonyl (C=O) groups excluding carboxylic acids is 3. The highest BCUT2D eigenvalue weighted by atomic mass is 35.5. The van der Waals surface area contributed by atoms with E-state index in [0.717, 1.165) is 12.8 Å². The summed E-state index contributed by atoms with van der Waals surface area (Å²) in [5, 5.41) is 9.71. The second-order valence-electron chi connectivity index (χ2n) is 10.6. The minimum Gasteiger partial charge on any atom is -0.494 e. The van der Waals surface area contributed by atoms with Gasteiger partial charge in [0.15, 0.2) is 17.4 Å². The van der Waals surface area contributed by atoms with Crippen molar-refractivity contribution in [1.82, 2.24) is 19.4 Å². The van der Waals surface area contributed by atoms with Gasteiger partial charge >= 0.3 is 0 Å². The summed E-state index contributed by atoms with van der Waals surface area (Å²) in [4.78, 5) is 54.7. The van der Waals surface area contributed by atoms with Crippen LogP contribution in [0.25, 0.3) is 11.3 Å². The van der Waals surface area contributed by atoms with E-state index in [1.807, 2.05) is 4.90 Å². The van der Waals surface area contributed by atoms with E-state index in [9.17, 15) is 23.2 Å². The average Bonchev–Trinajstić information content (AvgIpc) is 3.39. The molecule has 2 fully saturated rings. The molecule has 1 aliphatic carbocycles. The Morgan fingerprint density at radius 1 is 1.11 bits per heavy atom. The Kier molecular flexibility index (Phi) is 10.7. The van der Waals surface area contributed by atoms with Gasteiger partial charge in [-0.15, -0.1) is 0 Å². The largest absolute Gasteiger partial charge is 0.494 e.